The first-order chi connectivity index (χ1) is 10.3. The molecule has 1 aliphatic carbocycles. The summed E-state index contributed by atoms with van der Waals surface area (Å²) in [6.45, 7) is 2.08. The van der Waals surface area contributed by atoms with Crippen molar-refractivity contribution in [2.45, 2.75) is 25.7 Å². The van der Waals surface area contributed by atoms with Gasteiger partial charge in [0, 0.05) is 23.2 Å². The van der Waals surface area contributed by atoms with Crippen LogP contribution in [0.2, 0.25) is 0 Å². The molecule has 1 N–H and O–H groups in total. The summed E-state index contributed by atoms with van der Waals surface area (Å²) in [4.78, 5) is 12.6. The molecule has 1 aliphatic rings. The van der Waals surface area contributed by atoms with Gasteiger partial charge in [-0.25, -0.2) is 9.97 Å². The molecule has 3 aromatic rings. The quantitative estimate of drug-likeness (QED) is 0.793. The van der Waals surface area contributed by atoms with E-state index >= 15 is 0 Å². The zero-order valence-corrected chi connectivity index (χ0v) is 12.2. The topological polar surface area (TPSA) is 50.8 Å². The molecule has 2 heterocycles. The number of pyridine rings is 1. The number of aromatic amines is 1. The number of rotatable bonds is 3. The third kappa shape index (κ3) is 1.98. The molecule has 0 saturated heterocycles. The van der Waals surface area contributed by atoms with Crippen LogP contribution in [0.3, 0.4) is 0 Å². The van der Waals surface area contributed by atoms with Crippen molar-refractivity contribution in [2.75, 3.05) is 7.11 Å². The fourth-order valence-corrected chi connectivity index (χ4v) is 2.82. The summed E-state index contributed by atoms with van der Waals surface area (Å²) in [5, 5.41) is 0. The van der Waals surface area contributed by atoms with Crippen molar-refractivity contribution in [3.8, 4) is 17.0 Å². The third-order valence-electron chi connectivity index (χ3n) is 4.08. The molecular weight excluding hydrogens is 262 g/mol. The van der Waals surface area contributed by atoms with Crippen molar-refractivity contribution < 1.29 is 4.74 Å². The second-order valence-corrected chi connectivity index (χ2v) is 5.61. The molecule has 1 aromatic carbocycles. The van der Waals surface area contributed by atoms with E-state index in [-0.39, 0.29) is 0 Å². The molecule has 2 aromatic heterocycles. The number of H-pyrrole nitrogens is 1. The van der Waals surface area contributed by atoms with Crippen molar-refractivity contribution in [3.05, 3.63) is 41.9 Å². The third-order valence-corrected chi connectivity index (χ3v) is 4.08. The number of hydrogen-bond donors (Lipinski definition) is 1. The average molecular weight is 279 g/mol. The minimum Gasteiger partial charge on any atom is -0.481 e. The molecule has 106 valence electrons. The second-order valence-electron chi connectivity index (χ2n) is 5.61. The van der Waals surface area contributed by atoms with Crippen molar-refractivity contribution in [1.82, 2.24) is 15.0 Å². The van der Waals surface area contributed by atoms with Crippen LogP contribution >= 0.6 is 0 Å². The molecule has 0 unspecified atom stereocenters. The Bertz CT molecular complexity index is 818. The number of ether oxygens (including phenoxy) is 1. The van der Waals surface area contributed by atoms with Crippen molar-refractivity contribution in [3.63, 3.8) is 0 Å². The number of benzene rings is 1. The van der Waals surface area contributed by atoms with Gasteiger partial charge in [0.1, 0.15) is 5.82 Å². The van der Waals surface area contributed by atoms with Crippen LogP contribution in [0.15, 0.2) is 30.5 Å². The molecule has 0 amide bonds. The fourth-order valence-electron chi connectivity index (χ4n) is 2.82. The average Bonchev–Trinajstić information content (AvgIpc) is 3.25. The van der Waals surface area contributed by atoms with E-state index in [2.05, 4.69) is 35.1 Å². The molecule has 21 heavy (non-hydrogen) atoms. The van der Waals surface area contributed by atoms with E-state index in [1.807, 2.05) is 6.07 Å². The van der Waals surface area contributed by atoms with E-state index in [1.165, 1.54) is 12.8 Å². The number of hydrogen-bond acceptors (Lipinski definition) is 3. The minimum absolute atomic E-state index is 0.613. The number of nitrogens with zero attached hydrogens (tertiary/aromatic N) is 2. The molecule has 4 heteroatoms. The lowest BCUT2D eigenvalue weighted by Crippen LogP contribution is -1.94. The Kier molecular flexibility index (Phi) is 2.70. The van der Waals surface area contributed by atoms with Gasteiger partial charge in [0.25, 0.3) is 0 Å². The number of methoxy groups -OCH3 is 1. The fraction of sp³-hybridized carbons (Fsp3) is 0.294. The zero-order valence-electron chi connectivity index (χ0n) is 12.2. The Labute approximate surface area is 123 Å². The van der Waals surface area contributed by atoms with E-state index in [4.69, 9.17) is 9.72 Å². The second kappa shape index (κ2) is 4.58. The number of para-hydroxylation sites is 1. The SMILES string of the molecule is COc1nccc(C)c1-c1cccc2[nH]c(C3CC3)nc12. The number of fused-ring (bicyclic) bond motifs is 1. The Balaban J connectivity index is 1.98. The monoisotopic (exact) mass is 279 g/mol. The minimum atomic E-state index is 0.613. The van der Waals surface area contributed by atoms with Gasteiger partial charge in [0.05, 0.1) is 18.1 Å². The number of nitrogens with one attached hydrogen (secondary N) is 1. The van der Waals surface area contributed by atoms with Gasteiger partial charge < -0.3 is 9.72 Å². The molecule has 0 spiro atoms. The van der Waals surface area contributed by atoms with Crippen LogP contribution in [0.5, 0.6) is 5.88 Å². The number of aromatic nitrogens is 3. The first-order valence-corrected chi connectivity index (χ1v) is 7.26. The Morgan fingerprint density at radius 3 is 2.86 bits per heavy atom. The van der Waals surface area contributed by atoms with E-state index in [0.717, 1.165) is 33.5 Å². The standard InChI is InChI=1S/C17H17N3O/c1-10-8-9-18-17(21-2)14(10)12-4-3-5-13-15(12)20-16(19-13)11-6-7-11/h3-5,8-9,11H,6-7H2,1-2H3,(H,19,20). The molecule has 1 fully saturated rings. The highest BCUT2D eigenvalue weighted by Gasteiger charge is 2.27. The van der Waals surface area contributed by atoms with Crippen LogP contribution in [0.1, 0.15) is 30.1 Å². The summed E-state index contributed by atoms with van der Waals surface area (Å²) in [6, 6.07) is 8.23. The van der Waals surface area contributed by atoms with Gasteiger partial charge >= 0.3 is 0 Å². The Morgan fingerprint density at radius 1 is 1.24 bits per heavy atom. The maximum absolute atomic E-state index is 5.45. The van der Waals surface area contributed by atoms with Crippen LogP contribution in [0.25, 0.3) is 22.2 Å². The number of imidazole rings is 1. The van der Waals surface area contributed by atoms with Crippen LogP contribution in [0.4, 0.5) is 0 Å². The molecule has 0 radical (unpaired) electrons. The molecule has 1 saturated carbocycles. The number of aryl methyl sites for hydroxylation is 1. The predicted molar refractivity (Wildman–Crippen MR) is 82.6 cm³/mol. The van der Waals surface area contributed by atoms with Gasteiger partial charge in [-0.2, -0.15) is 0 Å². The lowest BCUT2D eigenvalue weighted by Gasteiger charge is -2.10. The molecule has 4 rings (SSSR count). The summed E-state index contributed by atoms with van der Waals surface area (Å²) in [5.41, 5.74) is 5.34. The summed E-state index contributed by atoms with van der Waals surface area (Å²) in [5.74, 6) is 2.37. The summed E-state index contributed by atoms with van der Waals surface area (Å²) >= 11 is 0. The maximum Gasteiger partial charge on any atom is 0.221 e. The molecule has 4 nitrogen and oxygen atoms in total. The van der Waals surface area contributed by atoms with Crippen LogP contribution in [-0.2, 0) is 0 Å². The van der Waals surface area contributed by atoms with Gasteiger partial charge in [-0.3, -0.25) is 0 Å². The predicted octanol–water partition coefficient (Wildman–Crippen LogP) is 3.82. The summed E-state index contributed by atoms with van der Waals surface area (Å²) < 4.78 is 5.45. The van der Waals surface area contributed by atoms with Crippen molar-refractivity contribution in [2.24, 2.45) is 0 Å². The van der Waals surface area contributed by atoms with Gasteiger partial charge in [-0.1, -0.05) is 12.1 Å². The van der Waals surface area contributed by atoms with Crippen LogP contribution in [0, 0.1) is 6.92 Å². The summed E-state index contributed by atoms with van der Waals surface area (Å²) in [7, 11) is 1.66. The van der Waals surface area contributed by atoms with Gasteiger partial charge in [-0.05, 0) is 37.5 Å². The molecule has 0 atom stereocenters. The highest BCUT2D eigenvalue weighted by Crippen LogP contribution is 2.41. The lowest BCUT2D eigenvalue weighted by atomic mass is 10.0. The van der Waals surface area contributed by atoms with Gasteiger partial charge in [-0.15, -0.1) is 0 Å². The van der Waals surface area contributed by atoms with Gasteiger partial charge in [0.15, 0.2) is 0 Å². The molecule has 0 aliphatic heterocycles. The van der Waals surface area contributed by atoms with E-state index in [1.54, 1.807) is 13.3 Å². The van der Waals surface area contributed by atoms with E-state index < -0.39 is 0 Å². The highest BCUT2D eigenvalue weighted by atomic mass is 16.5. The molecular formula is C17H17N3O. The van der Waals surface area contributed by atoms with E-state index in [0.29, 0.717) is 11.8 Å². The maximum atomic E-state index is 5.45. The lowest BCUT2D eigenvalue weighted by molar-refractivity contribution is 0.399. The molecule has 0 bridgehead atoms. The zero-order chi connectivity index (χ0) is 14.4. The summed E-state index contributed by atoms with van der Waals surface area (Å²) in [6.07, 6.45) is 4.26. The smallest absolute Gasteiger partial charge is 0.221 e. The Morgan fingerprint density at radius 2 is 2.10 bits per heavy atom. The largest absolute Gasteiger partial charge is 0.481 e. The highest BCUT2D eigenvalue weighted by molar-refractivity contribution is 5.94. The first-order valence-electron chi connectivity index (χ1n) is 7.26. The van der Waals surface area contributed by atoms with E-state index in [9.17, 15) is 0 Å². The van der Waals surface area contributed by atoms with Crippen molar-refractivity contribution >= 4 is 11.0 Å². The van der Waals surface area contributed by atoms with Crippen LogP contribution < -0.4 is 4.74 Å². The Hall–Kier alpha value is -2.36. The van der Waals surface area contributed by atoms with Gasteiger partial charge in [0.2, 0.25) is 5.88 Å². The van der Waals surface area contributed by atoms with Crippen LogP contribution in [-0.4, -0.2) is 22.1 Å². The first kappa shape index (κ1) is 12.4. The normalized spacial score (nSPS) is 14.6. The van der Waals surface area contributed by atoms with Crippen molar-refractivity contribution in [1.29, 1.82) is 0 Å².